The van der Waals surface area contributed by atoms with Crippen LogP contribution in [0, 0.1) is 5.92 Å². The summed E-state index contributed by atoms with van der Waals surface area (Å²) in [6, 6.07) is 23.5. The molecule has 0 spiro atoms. The molecule has 3 rings (SSSR count). The number of carbonyl (C=O) groups is 1. The summed E-state index contributed by atoms with van der Waals surface area (Å²) in [5.74, 6) is 1.63. The van der Waals surface area contributed by atoms with Crippen molar-refractivity contribution < 1.29 is 14.3 Å². The average Bonchev–Trinajstić information content (AvgIpc) is 2.83. The highest BCUT2D eigenvalue weighted by Gasteiger charge is 2.10. The van der Waals surface area contributed by atoms with E-state index in [4.69, 9.17) is 9.47 Å². The fourth-order valence-electron chi connectivity index (χ4n) is 3.49. The third kappa shape index (κ3) is 6.98. The molecule has 3 aromatic rings. The lowest BCUT2D eigenvalue weighted by Crippen LogP contribution is -2.08. The fourth-order valence-corrected chi connectivity index (χ4v) is 3.49. The van der Waals surface area contributed by atoms with Gasteiger partial charge in [0.05, 0.1) is 12.2 Å². The Bertz CT molecular complexity index is 957. The topological polar surface area (TPSA) is 35.5 Å². The number of esters is 1. The second-order valence-electron chi connectivity index (χ2n) is 8.41. The van der Waals surface area contributed by atoms with E-state index in [1.165, 1.54) is 18.4 Å². The Labute approximate surface area is 192 Å². The smallest absolute Gasteiger partial charge is 0.343 e. The predicted molar refractivity (Wildman–Crippen MR) is 131 cm³/mol. The number of hydrogen-bond donors (Lipinski definition) is 0. The van der Waals surface area contributed by atoms with Crippen molar-refractivity contribution in [3.63, 3.8) is 0 Å². The summed E-state index contributed by atoms with van der Waals surface area (Å²) in [4.78, 5) is 12.5. The molecule has 168 valence electrons. The quantitative estimate of drug-likeness (QED) is 0.177. The first-order chi connectivity index (χ1) is 15.6. The average molecular weight is 431 g/mol. The van der Waals surface area contributed by atoms with Crippen molar-refractivity contribution >= 4 is 5.97 Å². The Morgan fingerprint density at radius 3 is 1.97 bits per heavy atom. The third-order valence-corrected chi connectivity index (χ3v) is 5.74. The van der Waals surface area contributed by atoms with Crippen molar-refractivity contribution in [1.29, 1.82) is 0 Å². The highest BCUT2D eigenvalue weighted by atomic mass is 16.5. The van der Waals surface area contributed by atoms with Gasteiger partial charge >= 0.3 is 5.97 Å². The number of benzene rings is 3. The van der Waals surface area contributed by atoms with Crippen molar-refractivity contribution in [2.24, 2.45) is 5.92 Å². The van der Waals surface area contributed by atoms with Crippen LogP contribution in [0.5, 0.6) is 11.5 Å². The molecule has 1 atom stereocenters. The molecular formula is C29H34O3. The van der Waals surface area contributed by atoms with Gasteiger partial charge in [0, 0.05) is 0 Å². The molecule has 0 aromatic heterocycles. The van der Waals surface area contributed by atoms with Gasteiger partial charge in [0.1, 0.15) is 11.5 Å². The van der Waals surface area contributed by atoms with Gasteiger partial charge in [-0.3, -0.25) is 0 Å². The van der Waals surface area contributed by atoms with Crippen LogP contribution < -0.4 is 9.47 Å². The minimum absolute atomic E-state index is 0.364. The Hall–Kier alpha value is -3.07. The predicted octanol–water partition coefficient (Wildman–Crippen LogP) is 7.73. The van der Waals surface area contributed by atoms with Crippen LogP contribution in [0.15, 0.2) is 72.8 Å². The third-order valence-electron chi connectivity index (χ3n) is 5.74. The maximum atomic E-state index is 12.5. The Balaban J connectivity index is 1.55. The fraction of sp³-hybridized carbons (Fsp3) is 0.345. The van der Waals surface area contributed by atoms with Crippen LogP contribution in [0.1, 0.15) is 62.4 Å². The zero-order valence-corrected chi connectivity index (χ0v) is 19.5. The lowest BCUT2D eigenvalue weighted by atomic mass is 9.96. The van der Waals surface area contributed by atoms with E-state index in [1.807, 2.05) is 36.4 Å². The Morgan fingerprint density at radius 1 is 0.781 bits per heavy atom. The van der Waals surface area contributed by atoms with Crippen molar-refractivity contribution in [1.82, 2.24) is 0 Å². The maximum Gasteiger partial charge on any atom is 0.343 e. The Kier molecular flexibility index (Phi) is 8.91. The van der Waals surface area contributed by atoms with Crippen molar-refractivity contribution in [3.8, 4) is 22.6 Å². The molecule has 3 aromatic carbocycles. The number of unbranched alkanes of at least 4 members (excludes halogenated alkanes) is 2. The van der Waals surface area contributed by atoms with Gasteiger partial charge in [0.15, 0.2) is 0 Å². The van der Waals surface area contributed by atoms with Crippen molar-refractivity contribution in [2.75, 3.05) is 6.61 Å². The SMILES string of the molecule is CCCCCOc1ccc(OC(=O)c2ccc(-c3ccc(CC(C)CC)cc3)cc2)cc1. The molecule has 32 heavy (non-hydrogen) atoms. The van der Waals surface area contributed by atoms with Gasteiger partial charge in [-0.15, -0.1) is 0 Å². The van der Waals surface area contributed by atoms with Gasteiger partial charge in [-0.2, -0.15) is 0 Å². The van der Waals surface area contributed by atoms with E-state index in [-0.39, 0.29) is 5.97 Å². The van der Waals surface area contributed by atoms with E-state index in [0.29, 0.717) is 23.8 Å². The van der Waals surface area contributed by atoms with Crippen molar-refractivity contribution in [2.45, 2.75) is 52.9 Å². The maximum absolute atomic E-state index is 12.5. The molecular weight excluding hydrogens is 396 g/mol. The number of hydrogen-bond acceptors (Lipinski definition) is 3. The highest BCUT2D eigenvalue weighted by Crippen LogP contribution is 2.23. The summed E-state index contributed by atoms with van der Waals surface area (Å²) in [5, 5.41) is 0. The molecule has 3 nitrogen and oxygen atoms in total. The summed E-state index contributed by atoms with van der Waals surface area (Å²) in [5.41, 5.74) is 4.12. The molecule has 0 fully saturated rings. The lowest BCUT2D eigenvalue weighted by Gasteiger charge is -2.10. The van der Waals surface area contributed by atoms with Crippen LogP contribution in [0.2, 0.25) is 0 Å². The van der Waals surface area contributed by atoms with Gasteiger partial charge in [0.2, 0.25) is 0 Å². The first-order valence-electron chi connectivity index (χ1n) is 11.7. The van der Waals surface area contributed by atoms with Gasteiger partial charge in [0.25, 0.3) is 0 Å². The minimum atomic E-state index is -0.364. The Morgan fingerprint density at radius 2 is 1.38 bits per heavy atom. The monoisotopic (exact) mass is 430 g/mol. The summed E-state index contributed by atoms with van der Waals surface area (Å²) in [7, 11) is 0. The van der Waals surface area contributed by atoms with Crippen molar-refractivity contribution in [3.05, 3.63) is 83.9 Å². The molecule has 3 heteroatoms. The highest BCUT2D eigenvalue weighted by molar-refractivity contribution is 5.91. The summed E-state index contributed by atoms with van der Waals surface area (Å²) < 4.78 is 11.2. The van der Waals surface area contributed by atoms with E-state index in [1.54, 1.807) is 12.1 Å². The number of carbonyl (C=O) groups excluding carboxylic acids is 1. The van der Waals surface area contributed by atoms with E-state index >= 15 is 0 Å². The molecule has 1 unspecified atom stereocenters. The standard InChI is InChI=1S/C29H34O3/c1-4-6-7-20-31-27-16-18-28(19-17-27)32-29(30)26-14-12-25(13-15-26)24-10-8-23(9-11-24)21-22(3)5-2/h8-19,22H,4-7,20-21H2,1-3H3. The molecule has 0 saturated heterocycles. The van der Waals surface area contributed by atoms with Crippen LogP contribution in [0.3, 0.4) is 0 Å². The van der Waals surface area contributed by atoms with Crippen LogP contribution >= 0.6 is 0 Å². The zero-order valence-electron chi connectivity index (χ0n) is 19.5. The van der Waals surface area contributed by atoms with Gasteiger partial charge in [-0.1, -0.05) is 76.4 Å². The van der Waals surface area contributed by atoms with Crippen LogP contribution in [-0.4, -0.2) is 12.6 Å². The second-order valence-corrected chi connectivity index (χ2v) is 8.41. The van der Waals surface area contributed by atoms with Crippen LogP contribution in [-0.2, 0) is 6.42 Å². The summed E-state index contributed by atoms with van der Waals surface area (Å²) >= 11 is 0. The molecule has 0 N–H and O–H groups in total. The first kappa shape index (κ1) is 23.6. The zero-order chi connectivity index (χ0) is 22.8. The lowest BCUT2D eigenvalue weighted by molar-refractivity contribution is 0.0734. The van der Waals surface area contributed by atoms with Crippen LogP contribution in [0.4, 0.5) is 0 Å². The number of rotatable bonds is 11. The molecule has 0 aliphatic rings. The van der Waals surface area contributed by atoms with Crippen LogP contribution in [0.25, 0.3) is 11.1 Å². The normalized spacial score (nSPS) is 11.7. The molecule has 0 amide bonds. The van der Waals surface area contributed by atoms with E-state index in [2.05, 4.69) is 45.0 Å². The molecule has 0 aliphatic heterocycles. The first-order valence-corrected chi connectivity index (χ1v) is 11.7. The largest absolute Gasteiger partial charge is 0.494 e. The number of ether oxygens (including phenoxy) is 2. The molecule has 0 radical (unpaired) electrons. The summed E-state index contributed by atoms with van der Waals surface area (Å²) in [6.07, 6.45) is 5.68. The van der Waals surface area contributed by atoms with Gasteiger partial charge in [-0.25, -0.2) is 4.79 Å². The van der Waals surface area contributed by atoms with E-state index in [9.17, 15) is 4.79 Å². The molecule has 0 saturated carbocycles. The molecule has 0 aliphatic carbocycles. The van der Waals surface area contributed by atoms with E-state index in [0.717, 1.165) is 36.1 Å². The minimum Gasteiger partial charge on any atom is -0.494 e. The van der Waals surface area contributed by atoms with Gasteiger partial charge < -0.3 is 9.47 Å². The molecule has 0 bridgehead atoms. The van der Waals surface area contributed by atoms with Gasteiger partial charge in [-0.05, 0) is 71.8 Å². The summed E-state index contributed by atoms with van der Waals surface area (Å²) in [6.45, 7) is 7.38. The molecule has 0 heterocycles. The van der Waals surface area contributed by atoms with E-state index < -0.39 is 0 Å². The second kappa shape index (κ2) is 12.1.